The predicted molar refractivity (Wildman–Crippen MR) is 91.0 cm³/mol. The van der Waals surface area contributed by atoms with Gasteiger partial charge in [0.05, 0.1) is 12.2 Å². The van der Waals surface area contributed by atoms with Gasteiger partial charge in [0.2, 0.25) is 5.95 Å². The van der Waals surface area contributed by atoms with Gasteiger partial charge in [0, 0.05) is 43.2 Å². The zero-order valence-corrected chi connectivity index (χ0v) is 14.3. The van der Waals surface area contributed by atoms with Gasteiger partial charge in [-0.15, -0.1) is 0 Å². The Bertz CT molecular complexity index is 765. The van der Waals surface area contributed by atoms with E-state index >= 15 is 0 Å². The van der Waals surface area contributed by atoms with Crippen molar-refractivity contribution in [3.05, 3.63) is 39.6 Å². The van der Waals surface area contributed by atoms with E-state index in [1.54, 1.807) is 17.8 Å². The van der Waals surface area contributed by atoms with Crippen LogP contribution < -0.4 is 21.5 Å². The number of aromatic nitrogens is 4. The largest absolute Gasteiger partial charge is 0.354 e. The Kier molecular flexibility index (Phi) is 5.56. The van der Waals surface area contributed by atoms with Crippen molar-refractivity contribution in [2.45, 2.75) is 26.8 Å². The first-order valence-corrected chi connectivity index (χ1v) is 7.71. The second kappa shape index (κ2) is 7.62. The summed E-state index contributed by atoms with van der Waals surface area (Å²) in [4.78, 5) is 30.0. The standard InChI is InChI=1S/C15H23N7O2/c1-9-7-13(23)21-14(19-9)16-5-6-17-15(24)20-10(2)12-8-18-22(4)11(12)3/h7-8,10H,5-6H2,1-4H3,(H2,17,20,24)(H2,16,19,21,23)/t10-/m1/s1. The molecule has 24 heavy (non-hydrogen) atoms. The van der Waals surface area contributed by atoms with Gasteiger partial charge in [-0.05, 0) is 20.8 Å². The van der Waals surface area contributed by atoms with Crippen LogP contribution in [0.3, 0.4) is 0 Å². The van der Waals surface area contributed by atoms with Crippen LogP contribution in [0.25, 0.3) is 0 Å². The van der Waals surface area contributed by atoms with Crippen molar-refractivity contribution < 1.29 is 4.79 Å². The zero-order chi connectivity index (χ0) is 17.7. The molecule has 2 heterocycles. The van der Waals surface area contributed by atoms with Crippen LogP contribution in [-0.4, -0.2) is 38.9 Å². The fourth-order valence-corrected chi connectivity index (χ4v) is 2.29. The SMILES string of the molecule is Cc1cc(=O)[nH]c(NCCNC(=O)N[C@H](C)c2cnn(C)c2C)n1. The molecule has 2 amide bonds. The highest BCUT2D eigenvalue weighted by Gasteiger charge is 2.14. The molecule has 130 valence electrons. The monoisotopic (exact) mass is 333 g/mol. The Morgan fingerprint density at radius 1 is 1.38 bits per heavy atom. The first kappa shape index (κ1) is 17.5. The average Bonchev–Trinajstić information content (AvgIpc) is 2.82. The first-order valence-electron chi connectivity index (χ1n) is 7.71. The highest BCUT2D eigenvalue weighted by atomic mass is 16.2. The van der Waals surface area contributed by atoms with Crippen molar-refractivity contribution in [3.63, 3.8) is 0 Å². The molecule has 0 radical (unpaired) electrons. The summed E-state index contributed by atoms with van der Waals surface area (Å²) in [5.74, 6) is 0.390. The van der Waals surface area contributed by atoms with Gasteiger partial charge in [-0.3, -0.25) is 14.5 Å². The van der Waals surface area contributed by atoms with Crippen LogP contribution >= 0.6 is 0 Å². The summed E-state index contributed by atoms with van der Waals surface area (Å²) in [6.45, 7) is 6.44. The maximum atomic E-state index is 11.9. The zero-order valence-electron chi connectivity index (χ0n) is 14.3. The highest BCUT2D eigenvalue weighted by molar-refractivity contribution is 5.74. The van der Waals surface area contributed by atoms with Crippen LogP contribution in [0.5, 0.6) is 0 Å². The molecule has 0 bridgehead atoms. The average molecular weight is 333 g/mol. The maximum Gasteiger partial charge on any atom is 0.315 e. The Morgan fingerprint density at radius 3 is 2.75 bits per heavy atom. The summed E-state index contributed by atoms with van der Waals surface area (Å²) < 4.78 is 1.77. The molecule has 0 aromatic carbocycles. The third kappa shape index (κ3) is 4.58. The number of hydrogen-bond acceptors (Lipinski definition) is 5. The Labute approximate surface area is 139 Å². The minimum Gasteiger partial charge on any atom is -0.354 e. The lowest BCUT2D eigenvalue weighted by Gasteiger charge is -2.14. The minimum atomic E-state index is -0.266. The van der Waals surface area contributed by atoms with Crippen LogP contribution in [-0.2, 0) is 7.05 Å². The summed E-state index contributed by atoms with van der Waals surface area (Å²) in [6.07, 6.45) is 1.75. The van der Waals surface area contributed by atoms with Gasteiger partial charge in [0.25, 0.3) is 5.56 Å². The number of aryl methyl sites for hydroxylation is 2. The van der Waals surface area contributed by atoms with E-state index in [2.05, 4.69) is 31.0 Å². The molecule has 0 aliphatic heterocycles. The maximum absolute atomic E-state index is 11.9. The number of carbonyl (C=O) groups is 1. The Hall–Kier alpha value is -2.84. The van der Waals surface area contributed by atoms with Gasteiger partial charge in [0.1, 0.15) is 0 Å². The molecule has 0 saturated carbocycles. The van der Waals surface area contributed by atoms with Gasteiger partial charge in [-0.2, -0.15) is 5.10 Å². The number of rotatable bonds is 6. The normalized spacial score (nSPS) is 11.8. The van der Waals surface area contributed by atoms with E-state index in [1.807, 2.05) is 20.9 Å². The van der Waals surface area contributed by atoms with E-state index in [1.165, 1.54) is 6.07 Å². The second-order valence-electron chi connectivity index (χ2n) is 5.59. The van der Waals surface area contributed by atoms with Gasteiger partial charge in [-0.25, -0.2) is 9.78 Å². The lowest BCUT2D eigenvalue weighted by Crippen LogP contribution is -2.39. The molecule has 2 aromatic heterocycles. The van der Waals surface area contributed by atoms with Crippen molar-refractivity contribution in [1.82, 2.24) is 30.4 Å². The number of amides is 2. The molecule has 1 atom stereocenters. The lowest BCUT2D eigenvalue weighted by molar-refractivity contribution is 0.238. The number of anilines is 1. The summed E-state index contributed by atoms with van der Waals surface area (Å²) in [5, 5.41) is 12.7. The van der Waals surface area contributed by atoms with Gasteiger partial charge >= 0.3 is 6.03 Å². The molecule has 9 heteroatoms. The minimum absolute atomic E-state index is 0.138. The molecule has 0 aliphatic rings. The van der Waals surface area contributed by atoms with Crippen LogP contribution in [0.2, 0.25) is 0 Å². The number of carbonyl (C=O) groups excluding carboxylic acids is 1. The van der Waals surface area contributed by atoms with E-state index in [4.69, 9.17) is 0 Å². The molecule has 0 saturated heterocycles. The van der Waals surface area contributed by atoms with Crippen molar-refractivity contribution in [2.24, 2.45) is 7.05 Å². The van der Waals surface area contributed by atoms with Crippen LogP contribution in [0.15, 0.2) is 17.1 Å². The number of aromatic amines is 1. The molecular weight excluding hydrogens is 310 g/mol. The van der Waals surface area contributed by atoms with Gasteiger partial charge < -0.3 is 16.0 Å². The third-order valence-corrected chi connectivity index (χ3v) is 3.66. The number of urea groups is 1. The number of nitrogens with zero attached hydrogens (tertiary/aromatic N) is 3. The molecule has 0 unspecified atom stereocenters. The molecule has 2 rings (SSSR count). The number of nitrogens with one attached hydrogen (secondary N) is 4. The van der Waals surface area contributed by atoms with Crippen molar-refractivity contribution in [1.29, 1.82) is 0 Å². The van der Waals surface area contributed by atoms with E-state index in [0.29, 0.717) is 24.7 Å². The van der Waals surface area contributed by atoms with Crippen molar-refractivity contribution in [3.8, 4) is 0 Å². The summed E-state index contributed by atoms with van der Waals surface area (Å²) >= 11 is 0. The van der Waals surface area contributed by atoms with E-state index in [9.17, 15) is 9.59 Å². The van der Waals surface area contributed by atoms with Crippen molar-refractivity contribution in [2.75, 3.05) is 18.4 Å². The molecule has 0 spiro atoms. The van der Waals surface area contributed by atoms with Crippen molar-refractivity contribution >= 4 is 12.0 Å². The molecule has 9 nitrogen and oxygen atoms in total. The molecule has 0 aliphatic carbocycles. The number of H-pyrrole nitrogens is 1. The lowest BCUT2D eigenvalue weighted by atomic mass is 10.1. The summed E-state index contributed by atoms with van der Waals surface area (Å²) in [7, 11) is 1.86. The summed E-state index contributed by atoms with van der Waals surface area (Å²) in [5.41, 5.74) is 2.41. The van der Waals surface area contributed by atoms with Crippen LogP contribution in [0.1, 0.15) is 29.9 Å². The molecule has 4 N–H and O–H groups in total. The van der Waals surface area contributed by atoms with Gasteiger partial charge in [-0.1, -0.05) is 0 Å². The summed E-state index contributed by atoms with van der Waals surface area (Å²) in [6, 6.07) is 1.01. The Morgan fingerprint density at radius 2 is 2.12 bits per heavy atom. The topological polar surface area (TPSA) is 117 Å². The van der Waals surface area contributed by atoms with Crippen LogP contribution in [0.4, 0.5) is 10.7 Å². The number of hydrogen-bond donors (Lipinski definition) is 4. The second-order valence-corrected chi connectivity index (χ2v) is 5.59. The fraction of sp³-hybridized carbons (Fsp3) is 0.467. The van der Waals surface area contributed by atoms with Gasteiger partial charge in [0.15, 0.2) is 0 Å². The Balaban J connectivity index is 1.75. The highest BCUT2D eigenvalue weighted by Crippen LogP contribution is 2.15. The third-order valence-electron chi connectivity index (χ3n) is 3.66. The fourth-order valence-electron chi connectivity index (χ4n) is 2.29. The van der Waals surface area contributed by atoms with E-state index in [0.717, 1.165) is 11.3 Å². The molecular formula is C15H23N7O2. The first-order chi connectivity index (χ1) is 11.4. The smallest absolute Gasteiger partial charge is 0.315 e. The van der Waals surface area contributed by atoms with E-state index < -0.39 is 0 Å². The van der Waals surface area contributed by atoms with E-state index in [-0.39, 0.29) is 17.6 Å². The van der Waals surface area contributed by atoms with Crippen LogP contribution in [0, 0.1) is 13.8 Å². The molecule has 2 aromatic rings. The quantitative estimate of drug-likeness (QED) is 0.577. The molecule has 0 fully saturated rings. The predicted octanol–water partition coefficient (Wildman–Crippen LogP) is 0.593.